The van der Waals surface area contributed by atoms with Crippen molar-refractivity contribution in [3.8, 4) is 0 Å². The minimum absolute atomic E-state index is 0. The summed E-state index contributed by atoms with van der Waals surface area (Å²) in [6.07, 6.45) is -0.838. The average Bonchev–Trinajstić information content (AvgIpc) is 2.00. The largest absolute Gasteiger partial charge is 0.481 e. The third-order valence-electron chi connectivity index (χ3n) is 0.241. The number of aliphatic carboxylic acids is 3. The van der Waals surface area contributed by atoms with Gasteiger partial charge in [-0.25, -0.2) is 0 Å². The van der Waals surface area contributed by atoms with Gasteiger partial charge in [0, 0.05) is 44.4 Å². The maximum Gasteiger partial charge on any atom is 0.300 e. The van der Waals surface area contributed by atoms with Crippen molar-refractivity contribution in [2.75, 3.05) is 6.54 Å². The van der Waals surface area contributed by atoms with E-state index in [1.54, 1.807) is 0 Å². The molecule has 112 valence electrons. The SMILES string of the molecule is CC(=O)O.CC(=O)O.CC(=O)O.NCC(N)O.[Fe]. The van der Waals surface area contributed by atoms with Gasteiger partial charge >= 0.3 is 0 Å². The van der Waals surface area contributed by atoms with Crippen LogP contribution in [-0.4, -0.2) is 51.1 Å². The topological polar surface area (TPSA) is 184 Å². The van der Waals surface area contributed by atoms with E-state index in [-0.39, 0.29) is 23.6 Å². The summed E-state index contributed by atoms with van der Waals surface area (Å²) in [4.78, 5) is 27.0. The average molecular weight is 312 g/mol. The van der Waals surface area contributed by atoms with Crippen LogP contribution in [0.3, 0.4) is 0 Å². The number of aliphatic hydroxyl groups is 1. The number of hydrogen-bond donors (Lipinski definition) is 6. The van der Waals surface area contributed by atoms with Crippen LogP contribution in [0.25, 0.3) is 0 Å². The second kappa shape index (κ2) is 24.9. The van der Waals surface area contributed by atoms with E-state index in [1.807, 2.05) is 0 Å². The van der Waals surface area contributed by atoms with Crippen LogP contribution in [0.5, 0.6) is 0 Å². The van der Waals surface area contributed by atoms with Crippen LogP contribution in [0.4, 0.5) is 0 Å². The van der Waals surface area contributed by atoms with E-state index in [0.29, 0.717) is 0 Å². The Bertz CT molecular complexity index is 171. The molecule has 0 saturated carbocycles. The van der Waals surface area contributed by atoms with Crippen molar-refractivity contribution in [1.29, 1.82) is 0 Å². The first-order valence-electron chi connectivity index (χ1n) is 4.19. The molecule has 0 amide bonds. The predicted molar refractivity (Wildman–Crippen MR) is 59.2 cm³/mol. The quantitative estimate of drug-likeness (QED) is 0.247. The van der Waals surface area contributed by atoms with E-state index in [9.17, 15) is 0 Å². The van der Waals surface area contributed by atoms with Gasteiger partial charge in [0.15, 0.2) is 0 Å². The first-order valence-corrected chi connectivity index (χ1v) is 4.19. The Hall–Kier alpha value is -1.19. The van der Waals surface area contributed by atoms with Gasteiger partial charge in [0.2, 0.25) is 0 Å². The van der Waals surface area contributed by atoms with Crippen molar-refractivity contribution in [3.63, 3.8) is 0 Å². The van der Waals surface area contributed by atoms with Crippen LogP contribution in [-0.2, 0) is 31.5 Å². The van der Waals surface area contributed by atoms with Crippen LogP contribution in [0.2, 0.25) is 0 Å². The first-order chi connectivity index (χ1) is 7.47. The fourth-order valence-electron chi connectivity index (χ4n) is 0. The van der Waals surface area contributed by atoms with E-state index in [0.717, 1.165) is 20.8 Å². The van der Waals surface area contributed by atoms with Gasteiger partial charge in [-0.05, 0) is 0 Å². The van der Waals surface area contributed by atoms with E-state index in [4.69, 9.17) is 46.3 Å². The summed E-state index contributed by atoms with van der Waals surface area (Å²) in [5.41, 5.74) is 9.52. The van der Waals surface area contributed by atoms with Crippen LogP contribution in [0.15, 0.2) is 0 Å². The van der Waals surface area contributed by atoms with Crippen LogP contribution < -0.4 is 11.5 Å². The molecule has 0 aromatic carbocycles. The molecule has 0 aliphatic carbocycles. The molecule has 0 bridgehead atoms. The summed E-state index contributed by atoms with van der Waals surface area (Å²) < 4.78 is 0. The number of carbonyl (C=O) groups is 3. The van der Waals surface area contributed by atoms with E-state index in [2.05, 4.69) is 0 Å². The third kappa shape index (κ3) is 4310. The van der Waals surface area contributed by atoms with Crippen molar-refractivity contribution in [3.05, 3.63) is 0 Å². The van der Waals surface area contributed by atoms with Crippen LogP contribution >= 0.6 is 0 Å². The Morgan fingerprint density at radius 3 is 1.00 bits per heavy atom. The number of carboxylic acid groups (broad SMARTS) is 3. The summed E-state index contributed by atoms with van der Waals surface area (Å²) in [6.45, 7) is 3.39. The monoisotopic (exact) mass is 312 g/mol. The normalized spacial score (nSPS) is 8.33. The Balaban J connectivity index is -0.0000000412. The van der Waals surface area contributed by atoms with Gasteiger partial charge in [0.05, 0.1) is 0 Å². The molecule has 9 nitrogen and oxygen atoms in total. The third-order valence-corrected chi connectivity index (χ3v) is 0.241. The van der Waals surface area contributed by atoms with Gasteiger partial charge in [0.25, 0.3) is 17.9 Å². The maximum absolute atomic E-state index is 9.00. The van der Waals surface area contributed by atoms with Gasteiger partial charge in [-0.2, -0.15) is 0 Å². The van der Waals surface area contributed by atoms with Gasteiger partial charge in [0.1, 0.15) is 6.23 Å². The molecule has 0 fully saturated rings. The molecule has 0 aromatic rings. The zero-order valence-corrected chi connectivity index (χ0v) is 11.4. The zero-order chi connectivity index (χ0) is 15.0. The maximum atomic E-state index is 9.00. The molecule has 1 atom stereocenters. The number of hydrogen-bond acceptors (Lipinski definition) is 6. The van der Waals surface area contributed by atoms with Crippen LogP contribution in [0, 0.1) is 0 Å². The van der Waals surface area contributed by atoms with Gasteiger partial charge < -0.3 is 31.9 Å². The number of carboxylic acids is 3. The molecule has 0 rings (SSSR count). The van der Waals surface area contributed by atoms with Gasteiger partial charge in [-0.15, -0.1) is 0 Å². The zero-order valence-electron chi connectivity index (χ0n) is 10.3. The summed E-state index contributed by atoms with van der Waals surface area (Å²) >= 11 is 0. The summed E-state index contributed by atoms with van der Waals surface area (Å²) in [7, 11) is 0. The van der Waals surface area contributed by atoms with Crippen molar-refractivity contribution < 1.29 is 51.9 Å². The summed E-state index contributed by atoms with van der Waals surface area (Å²) in [5, 5.41) is 30.3. The molecule has 0 aliphatic heterocycles. The van der Waals surface area contributed by atoms with Crippen LogP contribution in [0.1, 0.15) is 20.8 Å². The minimum Gasteiger partial charge on any atom is -0.481 e. The summed E-state index contributed by atoms with van der Waals surface area (Å²) in [6, 6.07) is 0. The second-order valence-electron chi connectivity index (χ2n) is 2.36. The molecule has 0 heterocycles. The smallest absolute Gasteiger partial charge is 0.300 e. The summed E-state index contributed by atoms with van der Waals surface area (Å²) in [5.74, 6) is -2.50. The van der Waals surface area contributed by atoms with Crippen molar-refractivity contribution in [2.24, 2.45) is 11.5 Å². The molecule has 0 spiro atoms. The molecule has 1 unspecified atom stereocenters. The number of rotatable bonds is 1. The van der Waals surface area contributed by atoms with E-state index in [1.165, 1.54) is 0 Å². The molecule has 8 N–H and O–H groups in total. The standard InChI is InChI=1S/C2H8N2O.3C2H4O2.Fe/c3-1-2(4)5;3*1-2(3)4;/h2,5H,1,3-4H2;3*1H3,(H,3,4);. The molecular weight excluding hydrogens is 292 g/mol. The molecule has 0 saturated heterocycles. The molecule has 0 aromatic heterocycles. The number of nitrogens with two attached hydrogens (primary N) is 2. The van der Waals surface area contributed by atoms with Gasteiger partial charge in [-0.1, -0.05) is 0 Å². The molecule has 0 radical (unpaired) electrons. The Labute approximate surface area is 115 Å². The fraction of sp³-hybridized carbons (Fsp3) is 0.625. The second-order valence-corrected chi connectivity index (χ2v) is 2.36. The molecular formula is C8H20FeN2O7. The fourth-order valence-corrected chi connectivity index (χ4v) is 0. The Morgan fingerprint density at radius 2 is 1.00 bits per heavy atom. The molecule has 10 heteroatoms. The van der Waals surface area contributed by atoms with Crippen molar-refractivity contribution in [1.82, 2.24) is 0 Å². The molecule has 0 aliphatic rings. The Morgan fingerprint density at radius 1 is 0.944 bits per heavy atom. The van der Waals surface area contributed by atoms with E-state index < -0.39 is 24.1 Å². The molecule has 18 heavy (non-hydrogen) atoms. The van der Waals surface area contributed by atoms with Crippen molar-refractivity contribution >= 4 is 17.9 Å². The minimum atomic E-state index is -0.838. The first kappa shape index (κ1) is 30.1. The predicted octanol–water partition coefficient (Wildman–Crippen LogP) is -1.51. The van der Waals surface area contributed by atoms with E-state index >= 15 is 0 Å². The Kier molecular flexibility index (Phi) is 41.6. The van der Waals surface area contributed by atoms with Gasteiger partial charge in [-0.3, -0.25) is 14.4 Å². The van der Waals surface area contributed by atoms with Crippen molar-refractivity contribution in [2.45, 2.75) is 27.0 Å². The number of aliphatic hydroxyl groups excluding tert-OH is 1.